The number of ether oxygens (including phenoxy) is 3. The van der Waals surface area contributed by atoms with Crippen molar-refractivity contribution in [3.8, 4) is 5.75 Å². The Kier molecular flexibility index (Phi) is 12.2. The van der Waals surface area contributed by atoms with Crippen LogP contribution in [0.3, 0.4) is 0 Å². The Morgan fingerprint density at radius 1 is 0.857 bits per heavy atom. The van der Waals surface area contributed by atoms with Crippen LogP contribution in [0, 0.1) is 0 Å². The van der Waals surface area contributed by atoms with Crippen molar-refractivity contribution in [3.05, 3.63) is 42.5 Å². The zero-order valence-corrected chi connectivity index (χ0v) is 20.0. The van der Waals surface area contributed by atoms with E-state index in [-0.39, 0.29) is 0 Å². The minimum Gasteiger partial charge on any atom is -0.490 e. The van der Waals surface area contributed by atoms with Crippen molar-refractivity contribution < 1.29 is 48.7 Å². The molecule has 0 aliphatic heterocycles. The van der Waals surface area contributed by atoms with Gasteiger partial charge in [0.05, 0.1) is 0 Å². The molecule has 2 aromatic carbocycles. The largest absolute Gasteiger partial charge is 0.490 e. The number of aliphatic carboxylic acids is 2. The summed E-state index contributed by atoms with van der Waals surface area (Å²) in [6, 6.07) is 14.4. The number of rotatable bonds is 11. The van der Waals surface area contributed by atoms with Gasteiger partial charge in [0.25, 0.3) is 0 Å². The van der Waals surface area contributed by atoms with Crippen LogP contribution in [0.25, 0.3) is 10.8 Å². The Balaban J connectivity index is 0.000000357. The topological polar surface area (TPSA) is 169 Å². The molecule has 0 unspecified atom stereocenters. The van der Waals surface area contributed by atoms with E-state index >= 15 is 0 Å². The van der Waals surface area contributed by atoms with E-state index in [0.717, 1.165) is 30.4 Å². The summed E-state index contributed by atoms with van der Waals surface area (Å²) >= 11 is 0. The van der Waals surface area contributed by atoms with Gasteiger partial charge in [0.1, 0.15) is 18.5 Å². The second kappa shape index (κ2) is 14.5. The van der Waals surface area contributed by atoms with Gasteiger partial charge < -0.3 is 34.8 Å². The molecule has 11 nitrogen and oxygen atoms in total. The maximum Gasteiger partial charge on any atom is 0.349 e. The van der Waals surface area contributed by atoms with Crippen LogP contribution in [0.4, 0.5) is 0 Å². The summed E-state index contributed by atoms with van der Waals surface area (Å²) in [6.45, 7) is 6.76. The maximum atomic E-state index is 10.6. The number of nitrogens with one attached hydrogen (secondary N) is 1. The highest BCUT2D eigenvalue weighted by Crippen LogP contribution is 2.25. The van der Waals surface area contributed by atoms with Gasteiger partial charge in [0, 0.05) is 31.8 Å². The van der Waals surface area contributed by atoms with Gasteiger partial charge in [-0.25, -0.2) is 9.59 Å². The van der Waals surface area contributed by atoms with E-state index in [4.69, 9.17) is 14.9 Å². The summed E-state index contributed by atoms with van der Waals surface area (Å²) in [7, 11) is 0. The van der Waals surface area contributed by atoms with Gasteiger partial charge in [-0.15, -0.1) is 0 Å². The number of carboxylic acid groups (broad SMARTS) is 2. The molecule has 4 N–H and O–H groups in total. The molecule has 0 saturated carbocycles. The smallest absolute Gasteiger partial charge is 0.349 e. The van der Waals surface area contributed by atoms with Gasteiger partial charge in [0.2, 0.25) is 12.2 Å². The predicted octanol–water partition coefficient (Wildman–Crippen LogP) is 1.60. The van der Waals surface area contributed by atoms with Gasteiger partial charge in [0.15, 0.2) is 0 Å². The van der Waals surface area contributed by atoms with E-state index in [9.17, 15) is 24.3 Å². The lowest BCUT2D eigenvalue weighted by Crippen LogP contribution is -2.45. The molecule has 0 aromatic heterocycles. The Morgan fingerprint density at radius 2 is 1.37 bits per heavy atom. The van der Waals surface area contributed by atoms with Crippen molar-refractivity contribution in [1.82, 2.24) is 5.32 Å². The Labute approximate surface area is 202 Å². The molecule has 0 spiro atoms. The van der Waals surface area contributed by atoms with Crippen LogP contribution < -0.4 is 10.1 Å². The molecule has 0 bridgehead atoms. The Bertz CT molecular complexity index is 969. The third-order valence-corrected chi connectivity index (χ3v) is 4.29. The number of carboxylic acids is 2. The quantitative estimate of drug-likeness (QED) is 0.335. The molecular weight excluding hydrogens is 462 g/mol. The number of carbonyl (C=O) groups excluding carboxylic acids is 2. The normalized spacial score (nSPS) is 13.1. The van der Waals surface area contributed by atoms with Crippen molar-refractivity contribution in [2.24, 2.45) is 0 Å². The summed E-state index contributed by atoms with van der Waals surface area (Å²) in [5.41, 5.74) is 0. The van der Waals surface area contributed by atoms with E-state index in [1.54, 1.807) is 0 Å². The molecule has 11 heteroatoms. The monoisotopic (exact) mass is 493 g/mol. The van der Waals surface area contributed by atoms with Crippen molar-refractivity contribution in [2.75, 3.05) is 13.2 Å². The molecular formula is C24H31NO10. The van der Waals surface area contributed by atoms with Crippen LogP contribution in [0.1, 0.15) is 27.7 Å². The summed E-state index contributed by atoms with van der Waals surface area (Å²) in [6.07, 6.45) is -4.64. The fourth-order valence-corrected chi connectivity index (χ4v) is 2.78. The second-order valence-electron chi connectivity index (χ2n) is 7.74. The summed E-state index contributed by atoms with van der Waals surface area (Å²) < 4.78 is 14.2. The molecule has 0 radical (unpaired) electrons. The third kappa shape index (κ3) is 10.8. The fraction of sp³-hybridized carbons (Fsp3) is 0.417. The van der Waals surface area contributed by atoms with Crippen molar-refractivity contribution in [1.29, 1.82) is 0 Å². The van der Waals surface area contributed by atoms with Crippen LogP contribution in [0.5, 0.6) is 5.75 Å². The molecule has 2 aromatic rings. The molecule has 192 valence electrons. The average molecular weight is 494 g/mol. The molecule has 0 saturated heterocycles. The first-order valence-electron chi connectivity index (χ1n) is 10.7. The summed E-state index contributed by atoms with van der Waals surface area (Å²) in [4.78, 5) is 42.4. The number of aliphatic hydroxyl groups excluding tert-OH is 1. The van der Waals surface area contributed by atoms with Gasteiger partial charge in [-0.1, -0.05) is 50.2 Å². The number of fused-ring (bicyclic) bond motifs is 1. The van der Waals surface area contributed by atoms with E-state index in [2.05, 4.69) is 40.8 Å². The lowest BCUT2D eigenvalue weighted by atomic mass is 10.1. The minimum atomic E-state index is -2.07. The van der Waals surface area contributed by atoms with E-state index in [1.165, 1.54) is 0 Å². The molecule has 0 amide bonds. The van der Waals surface area contributed by atoms with E-state index in [1.807, 2.05) is 30.3 Å². The van der Waals surface area contributed by atoms with Crippen LogP contribution in [-0.2, 0) is 28.7 Å². The van der Waals surface area contributed by atoms with Gasteiger partial charge >= 0.3 is 23.9 Å². The lowest BCUT2D eigenvalue weighted by Gasteiger charge is -2.19. The first-order chi connectivity index (χ1) is 16.4. The number of carbonyl (C=O) groups is 4. The molecule has 0 heterocycles. The molecule has 3 atom stereocenters. The second-order valence-corrected chi connectivity index (χ2v) is 7.74. The molecule has 0 aliphatic rings. The third-order valence-electron chi connectivity index (χ3n) is 4.29. The van der Waals surface area contributed by atoms with Crippen molar-refractivity contribution >= 4 is 34.6 Å². The van der Waals surface area contributed by atoms with Crippen LogP contribution in [0.2, 0.25) is 0 Å². The molecule has 0 aliphatic carbocycles. The standard InChI is InChI=1S/C16H21NO2.C8H10O8/c1-12(2)17-10-14(18)11-19-16-9-5-7-13-6-3-4-8-15(13)16;1-3(9)15-5(7(11)12)6(8(13)14)16-4(2)10/h3-9,12,14,17-18H,10-11H2,1-2H3;5-6H,1-2H3,(H,11,12)(H,13,14)/t14-;5-,6+/m0./s1. The lowest BCUT2D eigenvalue weighted by molar-refractivity contribution is -0.185. The Hall–Kier alpha value is -3.70. The Morgan fingerprint density at radius 3 is 1.86 bits per heavy atom. The SMILES string of the molecule is CC(=O)O[C@H](C(=O)O)[C@@H](OC(C)=O)C(=O)O.CC(C)NC[C@H](O)COc1cccc2ccccc12. The molecule has 2 rings (SSSR count). The number of benzene rings is 2. The first-order valence-corrected chi connectivity index (χ1v) is 10.7. The minimum absolute atomic E-state index is 0.299. The number of hydrogen-bond donors (Lipinski definition) is 4. The predicted molar refractivity (Wildman–Crippen MR) is 125 cm³/mol. The van der Waals surface area contributed by atoms with Crippen molar-refractivity contribution in [3.63, 3.8) is 0 Å². The fourth-order valence-electron chi connectivity index (χ4n) is 2.78. The highest BCUT2D eigenvalue weighted by Gasteiger charge is 2.39. The first kappa shape index (κ1) is 29.3. The van der Waals surface area contributed by atoms with Crippen LogP contribution in [-0.4, -0.2) is 76.7 Å². The summed E-state index contributed by atoms with van der Waals surface area (Å²) in [5, 5.41) is 32.5. The summed E-state index contributed by atoms with van der Waals surface area (Å²) in [5.74, 6) is -4.61. The number of hydrogen-bond acceptors (Lipinski definition) is 9. The van der Waals surface area contributed by atoms with Gasteiger partial charge in [-0.2, -0.15) is 0 Å². The molecule has 0 fully saturated rings. The maximum absolute atomic E-state index is 10.6. The number of esters is 2. The van der Waals surface area contributed by atoms with E-state index in [0.29, 0.717) is 19.2 Å². The number of aliphatic hydroxyl groups is 1. The van der Waals surface area contributed by atoms with E-state index < -0.39 is 42.2 Å². The van der Waals surface area contributed by atoms with Crippen LogP contribution in [0.15, 0.2) is 42.5 Å². The average Bonchev–Trinajstić information content (AvgIpc) is 2.78. The zero-order valence-electron chi connectivity index (χ0n) is 20.0. The highest BCUT2D eigenvalue weighted by atomic mass is 16.6. The zero-order chi connectivity index (χ0) is 26.5. The van der Waals surface area contributed by atoms with Crippen LogP contribution >= 0.6 is 0 Å². The van der Waals surface area contributed by atoms with Gasteiger partial charge in [-0.05, 0) is 11.5 Å². The van der Waals surface area contributed by atoms with Crippen molar-refractivity contribution in [2.45, 2.75) is 52.0 Å². The highest BCUT2D eigenvalue weighted by molar-refractivity contribution is 5.88. The molecule has 35 heavy (non-hydrogen) atoms. The van der Waals surface area contributed by atoms with Gasteiger partial charge in [-0.3, -0.25) is 9.59 Å².